The van der Waals surface area contributed by atoms with Crippen molar-refractivity contribution < 1.29 is 4.79 Å². The molecule has 5 nitrogen and oxygen atoms in total. The summed E-state index contributed by atoms with van der Waals surface area (Å²) in [5, 5.41) is 6.91. The van der Waals surface area contributed by atoms with Gasteiger partial charge in [0.15, 0.2) is 5.69 Å². The van der Waals surface area contributed by atoms with Crippen LogP contribution in [-0.4, -0.2) is 28.8 Å². The molecular weight excluding hydrogens is 264 g/mol. The lowest BCUT2D eigenvalue weighted by Gasteiger charge is -2.14. The Bertz CT molecular complexity index is 633. The third-order valence-electron chi connectivity index (χ3n) is 3.54. The zero-order valence-electron chi connectivity index (χ0n) is 12.8. The molecule has 0 bridgehead atoms. The average Bonchev–Trinajstić information content (AvgIpc) is 2.96. The van der Waals surface area contributed by atoms with Gasteiger partial charge in [-0.3, -0.25) is 4.79 Å². The fourth-order valence-electron chi connectivity index (χ4n) is 2.24. The average molecular weight is 286 g/mol. The number of hydrogen-bond donors (Lipinski definition) is 2. The van der Waals surface area contributed by atoms with Crippen molar-refractivity contribution in [3.8, 4) is 5.69 Å². The molecular formula is C16H22N4O. The van der Waals surface area contributed by atoms with Crippen molar-refractivity contribution in [2.75, 3.05) is 7.05 Å². The highest BCUT2D eigenvalue weighted by Crippen LogP contribution is 2.18. The Hall–Kier alpha value is -2.14. The molecule has 0 aliphatic heterocycles. The van der Waals surface area contributed by atoms with Crippen LogP contribution in [0.2, 0.25) is 0 Å². The smallest absolute Gasteiger partial charge is 0.271 e. The van der Waals surface area contributed by atoms with E-state index in [2.05, 4.69) is 30.3 Å². The fraction of sp³-hybridized carbons (Fsp3) is 0.375. The van der Waals surface area contributed by atoms with Gasteiger partial charge in [-0.2, -0.15) is 5.10 Å². The molecule has 1 unspecified atom stereocenters. The minimum absolute atomic E-state index is 0.125. The number of aryl methyl sites for hydroxylation is 1. The van der Waals surface area contributed by atoms with E-state index in [9.17, 15) is 4.79 Å². The quantitative estimate of drug-likeness (QED) is 0.880. The van der Waals surface area contributed by atoms with Crippen molar-refractivity contribution in [2.45, 2.75) is 32.7 Å². The number of aromatic nitrogens is 2. The van der Waals surface area contributed by atoms with E-state index >= 15 is 0 Å². The van der Waals surface area contributed by atoms with E-state index in [0.29, 0.717) is 5.69 Å². The molecule has 2 rings (SSSR count). The summed E-state index contributed by atoms with van der Waals surface area (Å²) in [6, 6.07) is 8.03. The standard InChI is InChI=1S/C16H22N4O/c1-4-13(17)10-12-9-11(2)5-6-15(12)20-8-7-14(19-20)16(21)18-3/h5-9,13H,4,10,17H2,1-3H3,(H,18,21). The molecule has 1 amide bonds. The Kier molecular flexibility index (Phi) is 4.75. The number of nitrogens with zero attached hydrogens (tertiary/aromatic N) is 2. The van der Waals surface area contributed by atoms with Gasteiger partial charge >= 0.3 is 0 Å². The number of carbonyl (C=O) groups is 1. The lowest BCUT2D eigenvalue weighted by Crippen LogP contribution is -2.22. The number of nitrogens with two attached hydrogens (primary N) is 1. The van der Waals surface area contributed by atoms with Crippen LogP contribution in [0.25, 0.3) is 5.69 Å². The molecule has 0 radical (unpaired) electrons. The van der Waals surface area contributed by atoms with E-state index in [4.69, 9.17) is 5.73 Å². The molecule has 21 heavy (non-hydrogen) atoms. The summed E-state index contributed by atoms with van der Waals surface area (Å²) in [6.45, 7) is 4.14. The minimum Gasteiger partial charge on any atom is -0.354 e. The highest BCUT2D eigenvalue weighted by atomic mass is 16.1. The van der Waals surface area contributed by atoms with Crippen LogP contribution in [-0.2, 0) is 6.42 Å². The fourth-order valence-corrected chi connectivity index (χ4v) is 2.24. The predicted octanol–water partition coefficient (Wildman–Crippen LogP) is 1.82. The van der Waals surface area contributed by atoms with Gasteiger partial charge in [0, 0.05) is 19.3 Å². The van der Waals surface area contributed by atoms with Gasteiger partial charge in [0.1, 0.15) is 0 Å². The van der Waals surface area contributed by atoms with Crippen LogP contribution in [0, 0.1) is 6.92 Å². The lowest BCUT2D eigenvalue weighted by atomic mass is 10.0. The van der Waals surface area contributed by atoms with Gasteiger partial charge in [-0.25, -0.2) is 4.68 Å². The first-order chi connectivity index (χ1) is 10.0. The van der Waals surface area contributed by atoms with E-state index in [1.165, 1.54) is 5.56 Å². The molecule has 0 aliphatic carbocycles. The molecule has 3 N–H and O–H groups in total. The van der Waals surface area contributed by atoms with Gasteiger partial charge < -0.3 is 11.1 Å². The Morgan fingerprint density at radius 3 is 2.86 bits per heavy atom. The second-order valence-corrected chi connectivity index (χ2v) is 5.23. The summed E-state index contributed by atoms with van der Waals surface area (Å²) in [6.07, 6.45) is 3.52. The molecule has 1 aromatic heterocycles. The topological polar surface area (TPSA) is 72.9 Å². The highest BCUT2D eigenvalue weighted by molar-refractivity contribution is 5.91. The predicted molar refractivity (Wildman–Crippen MR) is 83.7 cm³/mol. The third-order valence-corrected chi connectivity index (χ3v) is 3.54. The first kappa shape index (κ1) is 15.3. The van der Waals surface area contributed by atoms with Gasteiger partial charge in [-0.05, 0) is 37.5 Å². The normalized spacial score (nSPS) is 12.2. The highest BCUT2D eigenvalue weighted by Gasteiger charge is 2.12. The Morgan fingerprint density at radius 2 is 2.19 bits per heavy atom. The van der Waals surface area contributed by atoms with Crippen LogP contribution in [0.3, 0.4) is 0 Å². The maximum atomic E-state index is 11.6. The zero-order chi connectivity index (χ0) is 15.4. The number of benzene rings is 1. The van der Waals surface area contributed by atoms with Gasteiger partial charge in [0.25, 0.3) is 5.91 Å². The van der Waals surface area contributed by atoms with E-state index < -0.39 is 0 Å². The van der Waals surface area contributed by atoms with Crippen LogP contribution in [0.4, 0.5) is 0 Å². The molecule has 2 aromatic rings. The zero-order valence-corrected chi connectivity index (χ0v) is 12.8. The molecule has 112 valence electrons. The van der Waals surface area contributed by atoms with E-state index in [1.807, 2.05) is 12.1 Å². The van der Waals surface area contributed by atoms with Gasteiger partial charge in [-0.15, -0.1) is 0 Å². The Balaban J connectivity index is 2.38. The van der Waals surface area contributed by atoms with Crippen LogP contribution in [0.5, 0.6) is 0 Å². The molecule has 0 spiro atoms. The molecule has 0 aliphatic rings. The summed E-state index contributed by atoms with van der Waals surface area (Å²) in [4.78, 5) is 11.6. The third kappa shape index (κ3) is 3.49. The molecule has 1 heterocycles. The SMILES string of the molecule is CCC(N)Cc1cc(C)ccc1-n1ccc(C(=O)NC)n1. The number of nitrogens with one attached hydrogen (secondary N) is 1. The van der Waals surface area contributed by atoms with Crippen molar-refractivity contribution in [2.24, 2.45) is 5.73 Å². The van der Waals surface area contributed by atoms with E-state index in [1.54, 1.807) is 24.0 Å². The summed E-state index contributed by atoms with van der Waals surface area (Å²) in [5.74, 6) is -0.187. The van der Waals surface area contributed by atoms with Gasteiger partial charge in [0.2, 0.25) is 0 Å². The summed E-state index contributed by atoms with van der Waals surface area (Å²) >= 11 is 0. The van der Waals surface area contributed by atoms with Crippen molar-refractivity contribution in [1.29, 1.82) is 0 Å². The first-order valence-electron chi connectivity index (χ1n) is 7.18. The summed E-state index contributed by atoms with van der Waals surface area (Å²) < 4.78 is 1.74. The Morgan fingerprint density at radius 1 is 1.43 bits per heavy atom. The molecule has 0 fully saturated rings. The number of amides is 1. The Labute approximate surface area is 125 Å². The molecule has 1 aromatic carbocycles. The molecule has 5 heteroatoms. The summed E-state index contributed by atoms with van der Waals surface area (Å²) in [5.41, 5.74) is 9.80. The minimum atomic E-state index is -0.187. The van der Waals surface area contributed by atoms with Crippen molar-refractivity contribution in [3.05, 3.63) is 47.3 Å². The van der Waals surface area contributed by atoms with Crippen molar-refractivity contribution in [1.82, 2.24) is 15.1 Å². The van der Waals surface area contributed by atoms with Crippen LogP contribution < -0.4 is 11.1 Å². The van der Waals surface area contributed by atoms with Gasteiger partial charge in [0.05, 0.1) is 5.69 Å². The maximum Gasteiger partial charge on any atom is 0.271 e. The molecule has 0 saturated carbocycles. The van der Waals surface area contributed by atoms with Crippen molar-refractivity contribution >= 4 is 5.91 Å². The second kappa shape index (κ2) is 6.54. The second-order valence-electron chi connectivity index (χ2n) is 5.23. The first-order valence-corrected chi connectivity index (χ1v) is 7.18. The molecule has 0 saturated heterocycles. The number of rotatable bonds is 5. The van der Waals surface area contributed by atoms with E-state index in [-0.39, 0.29) is 11.9 Å². The van der Waals surface area contributed by atoms with E-state index in [0.717, 1.165) is 24.1 Å². The molecule has 1 atom stereocenters. The van der Waals surface area contributed by atoms with Crippen LogP contribution in [0.1, 0.15) is 35.0 Å². The monoisotopic (exact) mass is 286 g/mol. The summed E-state index contributed by atoms with van der Waals surface area (Å²) in [7, 11) is 1.60. The van der Waals surface area contributed by atoms with Crippen LogP contribution >= 0.6 is 0 Å². The maximum absolute atomic E-state index is 11.6. The van der Waals surface area contributed by atoms with Crippen molar-refractivity contribution in [3.63, 3.8) is 0 Å². The lowest BCUT2D eigenvalue weighted by molar-refractivity contribution is 0.0957. The number of hydrogen-bond acceptors (Lipinski definition) is 3. The van der Waals surface area contributed by atoms with Gasteiger partial charge in [-0.1, -0.05) is 24.6 Å². The largest absolute Gasteiger partial charge is 0.354 e. The van der Waals surface area contributed by atoms with Crippen LogP contribution in [0.15, 0.2) is 30.5 Å². The number of carbonyl (C=O) groups excluding carboxylic acids is 1.